The highest BCUT2D eigenvalue weighted by Crippen LogP contribution is 2.68. The van der Waals surface area contributed by atoms with Crippen molar-refractivity contribution in [3.05, 3.63) is 29.3 Å². The van der Waals surface area contributed by atoms with Crippen LogP contribution in [-0.2, 0) is 14.4 Å². The quantitative estimate of drug-likeness (QED) is 0.386. The van der Waals surface area contributed by atoms with Gasteiger partial charge in [-0.3, -0.25) is 14.4 Å². The highest BCUT2D eigenvalue weighted by Gasteiger charge is 2.75. The number of aliphatic hydroxyl groups is 1. The van der Waals surface area contributed by atoms with Crippen LogP contribution >= 0.6 is 23.4 Å². The van der Waals surface area contributed by atoms with Crippen LogP contribution < -0.4 is 10.6 Å². The van der Waals surface area contributed by atoms with E-state index < -0.39 is 22.6 Å². The van der Waals surface area contributed by atoms with Crippen LogP contribution in [0.25, 0.3) is 0 Å². The summed E-state index contributed by atoms with van der Waals surface area (Å²) in [4.78, 5) is 42.7. The summed E-state index contributed by atoms with van der Waals surface area (Å²) in [5.74, 6) is -1.08. The highest BCUT2D eigenvalue weighted by molar-refractivity contribution is 8.02. The molecule has 3 amide bonds. The molecular weight excluding hydrogens is 486 g/mol. The SMILES string of the molecule is CCCNC(=O)[C@@H]1[C@@H]2CC(C)C3(S2)C(C(=O)Nc2ccc(Cl)cc2)N(CCCCCCO)C(=O)[C@H]13. The number of hydrogen-bond acceptors (Lipinski definition) is 5. The summed E-state index contributed by atoms with van der Waals surface area (Å²) >= 11 is 7.71. The van der Waals surface area contributed by atoms with Gasteiger partial charge in [-0.1, -0.05) is 38.3 Å². The van der Waals surface area contributed by atoms with Crippen LogP contribution in [0, 0.1) is 17.8 Å². The molecule has 9 heteroatoms. The van der Waals surface area contributed by atoms with Gasteiger partial charge in [0.1, 0.15) is 6.04 Å². The number of aliphatic hydroxyl groups excluding tert-OH is 1. The number of rotatable bonds is 11. The number of halogens is 1. The molecule has 1 aromatic rings. The minimum absolute atomic E-state index is 0.0494. The molecule has 35 heavy (non-hydrogen) atoms. The molecule has 3 aliphatic rings. The van der Waals surface area contributed by atoms with Crippen LogP contribution in [0.15, 0.2) is 24.3 Å². The van der Waals surface area contributed by atoms with E-state index in [-0.39, 0.29) is 35.5 Å². The van der Waals surface area contributed by atoms with Crippen LogP contribution in [0.2, 0.25) is 5.02 Å². The van der Waals surface area contributed by atoms with Gasteiger partial charge in [0.25, 0.3) is 0 Å². The molecule has 3 fully saturated rings. The first-order valence-corrected chi connectivity index (χ1v) is 14.0. The van der Waals surface area contributed by atoms with Gasteiger partial charge in [-0.25, -0.2) is 0 Å². The predicted octanol–water partition coefficient (Wildman–Crippen LogP) is 3.69. The third kappa shape index (κ3) is 4.81. The van der Waals surface area contributed by atoms with Crippen LogP contribution in [0.5, 0.6) is 0 Å². The van der Waals surface area contributed by atoms with Gasteiger partial charge in [-0.15, -0.1) is 11.8 Å². The van der Waals surface area contributed by atoms with Crippen LogP contribution in [0.3, 0.4) is 0 Å². The van der Waals surface area contributed by atoms with Gasteiger partial charge in [-0.2, -0.15) is 0 Å². The molecule has 0 saturated carbocycles. The van der Waals surface area contributed by atoms with Gasteiger partial charge in [0.2, 0.25) is 17.7 Å². The van der Waals surface area contributed by atoms with E-state index in [0.29, 0.717) is 23.8 Å². The van der Waals surface area contributed by atoms with E-state index in [1.165, 1.54) is 0 Å². The number of thioether (sulfide) groups is 1. The van der Waals surface area contributed by atoms with Gasteiger partial charge >= 0.3 is 0 Å². The lowest BCUT2D eigenvalue weighted by atomic mass is 9.66. The topological polar surface area (TPSA) is 98.7 Å². The fraction of sp³-hybridized carbons (Fsp3) is 0.654. The lowest BCUT2D eigenvalue weighted by Crippen LogP contribution is -2.55. The van der Waals surface area contributed by atoms with Crippen molar-refractivity contribution in [3.63, 3.8) is 0 Å². The second-order valence-electron chi connectivity index (χ2n) is 10.0. The third-order valence-corrected chi connectivity index (χ3v) is 10.1. The molecule has 2 bridgehead atoms. The van der Waals surface area contributed by atoms with E-state index in [1.807, 2.05) is 6.92 Å². The number of carbonyl (C=O) groups excluding carboxylic acids is 3. The number of amides is 3. The molecule has 1 spiro atoms. The Morgan fingerprint density at radius 3 is 2.57 bits per heavy atom. The standard InChI is InChI=1S/C26H36ClN3O4S/c1-3-12-28-23(32)20-19-15-16(2)26(35-19)21(20)25(34)30(13-6-4-5-7-14-31)22(26)24(33)29-18-10-8-17(27)9-11-18/h8-11,16,19-22,31H,3-7,12-15H2,1-2H3,(H,28,32)(H,29,33)/t16?,19-,20+,21-,22?,26?/m0/s1. The highest BCUT2D eigenvalue weighted by atomic mass is 35.5. The Labute approximate surface area is 216 Å². The normalized spacial score (nSPS) is 31.0. The molecule has 4 rings (SSSR count). The van der Waals surface area contributed by atoms with E-state index in [0.717, 1.165) is 38.5 Å². The number of nitrogens with one attached hydrogen (secondary N) is 2. The maximum absolute atomic E-state index is 13.9. The van der Waals surface area contributed by atoms with E-state index in [9.17, 15) is 14.4 Å². The molecule has 192 valence electrons. The van der Waals surface area contributed by atoms with Crippen molar-refractivity contribution in [3.8, 4) is 0 Å². The largest absolute Gasteiger partial charge is 0.396 e. The fourth-order valence-corrected chi connectivity index (χ4v) is 8.77. The van der Waals surface area contributed by atoms with Crippen molar-refractivity contribution in [2.45, 2.75) is 68.4 Å². The lowest BCUT2D eigenvalue weighted by Gasteiger charge is -2.38. The summed E-state index contributed by atoms with van der Waals surface area (Å²) < 4.78 is -0.614. The molecule has 3 aliphatic heterocycles. The molecule has 0 radical (unpaired) electrons. The molecule has 3 heterocycles. The van der Waals surface area contributed by atoms with Crippen molar-refractivity contribution in [2.24, 2.45) is 17.8 Å². The first-order chi connectivity index (χ1) is 16.8. The third-order valence-electron chi connectivity index (χ3n) is 7.76. The van der Waals surface area contributed by atoms with Crippen molar-refractivity contribution in [1.82, 2.24) is 10.2 Å². The molecule has 1 aromatic carbocycles. The number of likely N-dealkylation sites (tertiary alicyclic amines) is 1. The summed E-state index contributed by atoms with van der Waals surface area (Å²) in [7, 11) is 0. The van der Waals surface area contributed by atoms with Crippen molar-refractivity contribution >= 4 is 46.8 Å². The van der Waals surface area contributed by atoms with Crippen LogP contribution in [0.4, 0.5) is 5.69 Å². The van der Waals surface area contributed by atoms with Gasteiger partial charge in [0.15, 0.2) is 0 Å². The van der Waals surface area contributed by atoms with E-state index in [1.54, 1.807) is 40.9 Å². The van der Waals surface area contributed by atoms with Crippen LogP contribution in [0.1, 0.15) is 52.4 Å². The summed E-state index contributed by atoms with van der Waals surface area (Å²) in [6, 6.07) is 6.33. The molecule has 3 unspecified atom stereocenters. The number of fused-ring (bicyclic) bond motifs is 1. The minimum Gasteiger partial charge on any atom is -0.396 e. The molecule has 3 saturated heterocycles. The maximum atomic E-state index is 13.9. The van der Waals surface area contributed by atoms with Gasteiger partial charge in [0.05, 0.1) is 16.6 Å². The second kappa shape index (κ2) is 11.1. The van der Waals surface area contributed by atoms with Crippen LogP contribution in [-0.4, -0.2) is 63.5 Å². The molecule has 0 aromatic heterocycles. The van der Waals surface area contributed by atoms with E-state index in [4.69, 9.17) is 16.7 Å². The van der Waals surface area contributed by atoms with Gasteiger partial charge in [0, 0.05) is 35.7 Å². The molecule has 6 atom stereocenters. The average molecular weight is 522 g/mol. The summed E-state index contributed by atoms with van der Waals surface area (Å²) in [5.41, 5.74) is 0.636. The first-order valence-electron chi connectivity index (χ1n) is 12.8. The first kappa shape index (κ1) is 26.3. The number of nitrogens with zero attached hydrogens (tertiary/aromatic N) is 1. The Hall–Kier alpha value is -1.77. The Bertz CT molecular complexity index is 945. The van der Waals surface area contributed by atoms with E-state index in [2.05, 4.69) is 17.6 Å². The Morgan fingerprint density at radius 1 is 1.17 bits per heavy atom. The smallest absolute Gasteiger partial charge is 0.248 e. The molecule has 7 nitrogen and oxygen atoms in total. The van der Waals surface area contributed by atoms with Gasteiger partial charge in [-0.05, 0) is 55.9 Å². The lowest BCUT2D eigenvalue weighted by molar-refractivity contribution is -0.139. The Kier molecular flexibility index (Phi) is 8.34. The number of carbonyl (C=O) groups is 3. The second-order valence-corrected chi connectivity index (χ2v) is 12.0. The molecule has 3 N–H and O–H groups in total. The number of anilines is 1. The Balaban J connectivity index is 1.63. The average Bonchev–Trinajstić information content (AvgIpc) is 3.42. The number of hydrogen-bond donors (Lipinski definition) is 3. The van der Waals surface area contributed by atoms with E-state index >= 15 is 0 Å². The van der Waals surface area contributed by atoms with Gasteiger partial charge < -0.3 is 20.6 Å². The van der Waals surface area contributed by atoms with Crippen molar-refractivity contribution in [1.29, 1.82) is 0 Å². The maximum Gasteiger partial charge on any atom is 0.248 e. The number of benzene rings is 1. The molecular formula is C26H36ClN3O4S. The number of unbranched alkanes of at least 4 members (excludes halogenated alkanes) is 3. The predicted molar refractivity (Wildman–Crippen MR) is 139 cm³/mol. The summed E-state index contributed by atoms with van der Waals surface area (Å²) in [5, 5.41) is 15.7. The zero-order chi connectivity index (χ0) is 25.2. The zero-order valence-electron chi connectivity index (χ0n) is 20.5. The fourth-order valence-electron chi connectivity index (χ4n) is 6.22. The molecule has 0 aliphatic carbocycles. The Morgan fingerprint density at radius 2 is 1.89 bits per heavy atom. The monoisotopic (exact) mass is 521 g/mol. The minimum atomic E-state index is -0.637. The van der Waals surface area contributed by atoms with Crippen molar-refractivity contribution < 1.29 is 19.5 Å². The zero-order valence-corrected chi connectivity index (χ0v) is 22.0. The summed E-state index contributed by atoms with van der Waals surface area (Å²) in [6.45, 7) is 5.36. The van der Waals surface area contributed by atoms with Crippen molar-refractivity contribution in [2.75, 3.05) is 25.0 Å². The summed E-state index contributed by atoms with van der Waals surface area (Å²) in [6.07, 6.45) is 4.91.